The van der Waals surface area contributed by atoms with Crippen molar-refractivity contribution in [3.63, 3.8) is 0 Å². The number of benzene rings is 1. The monoisotopic (exact) mass is 252 g/mol. The Balaban J connectivity index is 2.26. The van der Waals surface area contributed by atoms with Gasteiger partial charge in [0.1, 0.15) is 0 Å². The molecule has 0 bridgehead atoms. The Bertz CT molecular complexity index is 455. The summed E-state index contributed by atoms with van der Waals surface area (Å²) in [4.78, 5) is 11.6. The molecule has 1 aromatic carbocycles. The summed E-state index contributed by atoms with van der Waals surface area (Å²) in [5.41, 5.74) is 0.922. The van der Waals surface area contributed by atoms with Crippen LogP contribution in [-0.2, 0) is 16.0 Å². The van der Waals surface area contributed by atoms with E-state index in [4.69, 9.17) is 18.9 Å². The molecule has 0 saturated carbocycles. The van der Waals surface area contributed by atoms with Crippen molar-refractivity contribution < 1.29 is 23.7 Å². The molecule has 0 aromatic heterocycles. The van der Waals surface area contributed by atoms with Gasteiger partial charge < -0.3 is 18.9 Å². The number of carbonyl (C=O) groups excluding carboxylic acids is 1. The molecular formula is C13H16O5. The average Bonchev–Trinajstić information content (AvgIpc) is 2.81. The van der Waals surface area contributed by atoms with E-state index < -0.39 is 6.10 Å². The number of hydrogen-bond acceptors (Lipinski definition) is 5. The number of hydrogen-bond donors (Lipinski definition) is 0. The van der Waals surface area contributed by atoms with Crippen molar-refractivity contribution in [1.82, 2.24) is 0 Å². The zero-order chi connectivity index (χ0) is 13.1. The summed E-state index contributed by atoms with van der Waals surface area (Å²) in [5, 5.41) is 0. The molecule has 0 radical (unpaired) electrons. The Morgan fingerprint density at radius 3 is 2.78 bits per heavy atom. The van der Waals surface area contributed by atoms with Crippen molar-refractivity contribution in [2.75, 3.05) is 20.8 Å². The summed E-state index contributed by atoms with van der Waals surface area (Å²) in [6.07, 6.45) is -0.102. The second-order valence-electron chi connectivity index (χ2n) is 3.85. The maximum absolute atomic E-state index is 11.6. The molecule has 1 atom stereocenters. The lowest BCUT2D eigenvalue weighted by Gasteiger charge is -2.12. The van der Waals surface area contributed by atoms with Gasteiger partial charge in [0.05, 0.1) is 20.8 Å². The fraction of sp³-hybridized carbons (Fsp3) is 0.462. The Kier molecular flexibility index (Phi) is 3.60. The number of ether oxygens (including phenoxy) is 4. The maximum Gasteiger partial charge on any atom is 0.347 e. The van der Waals surface area contributed by atoms with Gasteiger partial charge in [-0.3, -0.25) is 0 Å². The van der Waals surface area contributed by atoms with Crippen LogP contribution in [0.25, 0.3) is 0 Å². The molecule has 1 aliphatic rings. The third-order valence-electron chi connectivity index (χ3n) is 2.80. The lowest BCUT2D eigenvalue weighted by Crippen LogP contribution is -2.27. The first-order valence-corrected chi connectivity index (χ1v) is 5.78. The van der Waals surface area contributed by atoms with Gasteiger partial charge in [-0.1, -0.05) is 6.07 Å². The van der Waals surface area contributed by atoms with Crippen molar-refractivity contribution >= 4 is 5.97 Å². The van der Waals surface area contributed by atoms with E-state index in [0.717, 1.165) is 5.56 Å². The molecule has 5 heteroatoms. The third kappa shape index (κ3) is 2.08. The Labute approximate surface area is 106 Å². The van der Waals surface area contributed by atoms with Crippen LogP contribution in [0.2, 0.25) is 0 Å². The normalized spacial score (nSPS) is 16.7. The number of fused-ring (bicyclic) bond motifs is 1. The minimum absolute atomic E-state index is 0.343. The first kappa shape index (κ1) is 12.5. The molecular weight excluding hydrogens is 236 g/mol. The number of rotatable bonds is 4. The van der Waals surface area contributed by atoms with Crippen molar-refractivity contribution in [1.29, 1.82) is 0 Å². The van der Waals surface area contributed by atoms with Crippen molar-refractivity contribution in [3.05, 3.63) is 17.7 Å². The molecule has 0 unspecified atom stereocenters. The van der Waals surface area contributed by atoms with Crippen LogP contribution in [0.15, 0.2) is 12.1 Å². The summed E-state index contributed by atoms with van der Waals surface area (Å²) in [6.45, 7) is 2.11. The van der Waals surface area contributed by atoms with Crippen molar-refractivity contribution in [2.45, 2.75) is 19.4 Å². The van der Waals surface area contributed by atoms with E-state index >= 15 is 0 Å². The van der Waals surface area contributed by atoms with Gasteiger partial charge in [-0.25, -0.2) is 4.79 Å². The first-order valence-electron chi connectivity index (χ1n) is 5.78. The molecule has 18 heavy (non-hydrogen) atoms. The van der Waals surface area contributed by atoms with E-state index in [2.05, 4.69) is 0 Å². The average molecular weight is 252 g/mol. The predicted molar refractivity (Wildman–Crippen MR) is 64.3 cm³/mol. The summed E-state index contributed by atoms with van der Waals surface area (Å²) in [6, 6.07) is 3.67. The highest BCUT2D eigenvalue weighted by atomic mass is 16.6. The number of carbonyl (C=O) groups is 1. The smallest absolute Gasteiger partial charge is 0.347 e. The van der Waals surface area contributed by atoms with E-state index in [9.17, 15) is 4.79 Å². The summed E-state index contributed by atoms with van der Waals surface area (Å²) >= 11 is 0. The Morgan fingerprint density at radius 2 is 2.17 bits per heavy atom. The highest BCUT2D eigenvalue weighted by Gasteiger charge is 2.33. The quantitative estimate of drug-likeness (QED) is 0.761. The van der Waals surface area contributed by atoms with Crippen LogP contribution in [0.3, 0.4) is 0 Å². The third-order valence-corrected chi connectivity index (χ3v) is 2.80. The van der Waals surface area contributed by atoms with Gasteiger partial charge in [0.15, 0.2) is 17.6 Å². The largest absolute Gasteiger partial charge is 0.493 e. The van der Waals surface area contributed by atoms with Gasteiger partial charge >= 0.3 is 5.97 Å². The molecule has 0 aliphatic carbocycles. The van der Waals surface area contributed by atoms with Gasteiger partial charge in [-0.05, 0) is 13.0 Å². The molecule has 0 spiro atoms. The molecule has 0 amide bonds. The van der Waals surface area contributed by atoms with Crippen LogP contribution >= 0.6 is 0 Å². The van der Waals surface area contributed by atoms with E-state index in [1.165, 1.54) is 0 Å². The predicted octanol–water partition coefficient (Wildman–Crippen LogP) is 1.57. The maximum atomic E-state index is 11.6. The lowest BCUT2D eigenvalue weighted by atomic mass is 10.1. The zero-order valence-electron chi connectivity index (χ0n) is 10.7. The van der Waals surface area contributed by atoms with E-state index in [0.29, 0.717) is 30.3 Å². The van der Waals surface area contributed by atoms with E-state index in [1.54, 1.807) is 27.2 Å². The van der Waals surface area contributed by atoms with Crippen LogP contribution in [0.5, 0.6) is 17.2 Å². The molecule has 1 aliphatic heterocycles. The second kappa shape index (κ2) is 5.16. The van der Waals surface area contributed by atoms with Crippen molar-refractivity contribution in [3.8, 4) is 17.2 Å². The Morgan fingerprint density at radius 1 is 1.39 bits per heavy atom. The minimum atomic E-state index is -0.596. The second-order valence-corrected chi connectivity index (χ2v) is 3.85. The number of methoxy groups -OCH3 is 2. The minimum Gasteiger partial charge on any atom is -0.493 e. The van der Waals surface area contributed by atoms with Crippen LogP contribution in [0.1, 0.15) is 12.5 Å². The van der Waals surface area contributed by atoms with Crippen LogP contribution in [0.4, 0.5) is 0 Å². The highest BCUT2D eigenvalue weighted by Crippen LogP contribution is 2.44. The van der Waals surface area contributed by atoms with E-state index in [-0.39, 0.29) is 5.97 Å². The standard InChI is InChI=1S/C13H16O5/c1-4-17-13(14)10-7-8-5-6-9(15-2)12(16-3)11(8)18-10/h5-6,10H,4,7H2,1-3H3/t10-/m0/s1. The molecule has 0 N–H and O–H groups in total. The zero-order valence-corrected chi connectivity index (χ0v) is 10.7. The Hall–Kier alpha value is -1.91. The SMILES string of the molecule is CCOC(=O)[C@@H]1Cc2ccc(OC)c(OC)c2O1. The molecule has 0 saturated heterocycles. The molecule has 1 aromatic rings. The van der Waals surface area contributed by atoms with Gasteiger partial charge in [0.25, 0.3) is 0 Å². The summed E-state index contributed by atoms with van der Waals surface area (Å²) in [5.74, 6) is 1.31. The molecule has 0 fully saturated rings. The lowest BCUT2D eigenvalue weighted by molar-refractivity contribution is -0.150. The number of esters is 1. The van der Waals surface area contributed by atoms with E-state index in [1.807, 2.05) is 6.07 Å². The van der Waals surface area contributed by atoms with Crippen molar-refractivity contribution in [2.24, 2.45) is 0 Å². The van der Waals surface area contributed by atoms with Crippen LogP contribution < -0.4 is 14.2 Å². The summed E-state index contributed by atoms with van der Waals surface area (Å²) < 4.78 is 21.0. The topological polar surface area (TPSA) is 54.0 Å². The fourth-order valence-corrected chi connectivity index (χ4v) is 1.98. The molecule has 1 heterocycles. The molecule has 5 nitrogen and oxygen atoms in total. The first-order chi connectivity index (χ1) is 8.71. The van der Waals surface area contributed by atoms with Gasteiger partial charge in [-0.15, -0.1) is 0 Å². The summed E-state index contributed by atoms with van der Waals surface area (Å²) in [7, 11) is 3.10. The van der Waals surface area contributed by atoms with Gasteiger partial charge in [-0.2, -0.15) is 0 Å². The fourth-order valence-electron chi connectivity index (χ4n) is 1.98. The van der Waals surface area contributed by atoms with Crippen LogP contribution in [0, 0.1) is 0 Å². The van der Waals surface area contributed by atoms with Crippen LogP contribution in [-0.4, -0.2) is 32.9 Å². The molecule has 2 rings (SSSR count). The van der Waals surface area contributed by atoms with Gasteiger partial charge in [0.2, 0.25) is 5.75 Å². The highest BCUT2D eigenvalue weighted by molar-refractivity contribution is 5.77. The molecule has 98 valence electrons. The van der Waals surface area contributed by atoms with Gasteiger partial charge in [0, 0.05) is 12.0 Å².